The fourth-order valence-corrected chi connectivity index (χ4v) is 4.49. The summed E-state index contributed by atoms with van der Waals surface area (Å²) in [5, 5.41) is 8.61. The Morgan fingerprint density at radius 2 is 2.07 bits per heavy atom. The van der Waals surface area contributed by atoms with Crippen molar-refractivity contribution in [3.05, 3.63) is 57.8 Å². The van der Waals surface area contributed by atoms with Gasteiger partial charge in [-0.15, -0.1) is 11.3 Å². The lowest BCUT2D eigenvalue weighted by Crippen LogP contribution is -2.46. The van der Waals surface area contributed by atoms with Gasteiger partial charge in [0, 0.05) is 44.1 Å². The third kappa shape index (κ3) is 6.31. The van der Waals surface area contributed by atoms with E-state index in [0.29, 0.717) is 12.0 Å². The largest absolute Gasteiger partial charge is 0.356 e. The second-order valence-corrected chi connectivity index (χ2v) is 8.83. The maximum Gasteiger partial charge on any atom is 0.242 e. The molecule has 30 heavy (non-hydrogen) atoms. The van der Waals surface area contributed by atoms with E-state index in [1.807, 2.05) is 11.0 Å². The number of hydrogen-bond acceptors (Lipinski definition) is 4. The molecule has 0 saturated heterocycles. The van der Waals surface area contributed by atoms with Crippen molar-refractivity contribution in [2.45, 2.75) is 38.9 Å². The first kappa shape index (κ1) is 22.3. The number of rotatable bonds is 8. The van der Waals surface area contributed by atoms with Crippen molar-refractivity contribution in [3.8, 4) is 0 Å². The van der Waals surface area contributed by atoms with Crippen LogP contribution < -0.4 is 10.6 Å². The van der Waals surface area contributed by atoms with Crippen molar-refractivity contribution in [1.82, 2.24) is 20.4 Å². The number of fused-ring (bicyclic) bond motifs is 1. The second-order valence-electron chi connectivity index (χ2n) is 7.83. The van der Waals surface area contributed by atoms with Gasteiger partial charge in [0.15, 0.2) is 5.96 Å². The summed E-state index contributed by atoms with van der Waals surface area (Å²) < 4.78 is 0. The summed E-state index contributed by atoms with van der Waals surface area (Å²) in [5.41, 5.74) is 2.61. The summed E-state index contributed by atoms with van der Waals surface area (Å²) in [4.78, 5) is 22.5. The molecule has 0 radical (unpaired) electrons. The predicted molar refractivity (Wildman–Crippen MR) is 125 cm³/mol. The lowest BCUT2D eigenvalue weighted by molar-refractivity contribution is -0.130. The minimum absolute atomic E-state index is 0.116. The number of aliphatic imine (C=N–C) groups is 1. The quantitative estimate of drug-likeness (QED) is 0.502. The Labute approximate surface area is 184 Å². The van der Waals surface area contributed by atoms with Crippen LogP contribution in [0.2, 0.25) is 0 Å². The first-order chi connectivity index (χ1) is 14.6. The van der Waals surface area contributed by atoms with Crippen molar-refractivity contribution in [2.24, 2.45) is 4.99 Å². The zero-order valence-corrected chi connectivity index (χ0v) is 19.0. The molecule has 7 heteroatoms. The van der Waals surface area contributed by atoms with Gasteiger partial charge in [-0.05, 0) is 49.4 Å². The van der Waals surface area contributed by atoms with Crippen LogP contribution in [0.1, 0.15) is 29.3 Å². The first-order valence-corrected chi connectivity index (χ1v) is 11.5. The topological polar surface area (TPSA) is 60.0 Å². The molecule has 2 N–H and O–H groups in total. The van der Waals surface area contributed by atoms with Crippen LogP contribution in [0.15, 0.2) is 46.8 Å². The molecule has 1 amide bonds. The molecule has 1 aromatic heterocycles. The zero-order chi connectivity index (χ0) is 21.3. The molecule has 1 aliphatic heterocycles. The van der Waals surface area contributed by atoms with Crippen molar-refractivity contribution in [1.29, 1.82) is 0 Å². The molecule has 0 spiro atoms. The molecule has 6 nitrogen and oxygen atoms in total. The monoisotopic (exact) mass is 427 g/mol. The molecular weight excluding hydrogens is 394 g/mol. The van der Waals surface area contributed by atoms with Gasteiger partial charge in [-0.25, -0.2) is 0 Å². The number of carbonyl (C=O) groups excluding carboxylic acids is 1. The normalized spacial score (nSPS) is 15.1. The van der Waals surface area contributed by atoms with E-state index < -0.39 is 0 Å². The molecular formula is C23H33N5OS. The Hall–Kier alpha value is -2.38. The highest BCUT2D eigenvalue weighted by molar-refractivity contribution is 7.10. The summed E-state index contributed by atoms with van der Waals surface area (Å²) in [5.74, 6) is 0.792. The number of amides is 1. The molecule has 162 valence electrons. The van der Waals surface area contributed by atoms with Gasteiger partial charge in [-0.3, -0.25) is 14.7 Å². The van der Waals surface area contributed by atoms with Gasteiger partial charge in [-0.2, -0.15) is 0 Å². The minimum Gasteiger partial charge on any atom is -0.356 e. The van der Waals surface area contributed by atoms with Crippen LogP contribution in [-0.4, -0.2) is 61.4 Å². The van der Waals surface area contributed by atoms with Gasteiger partial charge in [0.1, 0.15) is 0 Å². The van der Waals surface area contributed by atoms with Crippen LogP contribution in [0.5, 0.6) is 0 Å². The summed E-state index contributed by atoms with van der Waals surface area (Å²) >= 11 is 1.79. The number of nitrogens with one attached hydrogen (secondary N) is 2. The molecule has 3 rings (SSSR count). The fraction of sp³-hybridized carbons (Fsp3) is 0.478. The van der Waals surface area contributed by atoms with Gasteiger partial charge in [0.05, 0.1) is 6.54 Å². The van der Waals surface area contributed by atoms with Crippen LogP contribution >= 0.6 is 11.3 Å². The van der Waals surface area contributed by atoms with Crippen LogP contribution in [0.25, 0.3) is 0 Å². The molecule has 0 bridgehead atoms. The highest BCUT2D eigenvalue weighted by Crippen LogP contribution is 2.23. The van der Waals surface area contributed by atoms with E-state index in [9.17, 15) is 4.79 Å². The minimum atomic E-state index is 0.116. The zero-order valence-electron chi connectivity index (χ0n) is 18.2. The molecule has 0 fully saturated rings. The third-order valence-electron chi connectivity index (χ3n) is 5.67. The van der Waals surface area contributed by atoms with Crippen molar-refractivity contribution < 1.29 is 4.79 Å². The molecule has 1 aliphatic rings. The van der Waals surface area contributed by atoms with Crippen LogP contribution in [0, 0.1) is 0 Å². The fourth-order valence-electron chi connectivity index (χ4n) is 3.60. The Balaban J connectivity index is 1.36. The predicted octanol–water partition coefficient (Wildman–Crippen LogP) is 2.71. The molecule has 2 aromatic rings. The summed E-state index contributed by atoms with van der Waals surface area (Å²) in [6.07, 6.45) is 1.95. The van der Waals surface area contributed by atoms with E-state index in [2.05, 4.69) is 70.2 Å². The van der Waals surface area contributed by atoms with Gasteiger partial charge in [0.25, 0.3) is 0 Å². The van der Waals surface area contributed by atoms with E-state index in [1.54, 1.807) is 18.4 Å². The summed E-state index contributed by atoms with van der Waals surface area (Å²) in [6.45, 7) is 5.76. The second kappa shape index (κ2) is 11.1. The first-order valence-electron chi connectivity index (χ1n) is 10.6. The highest BCUT2D eigenvalue weighted by atomic mass is 32.1. The molecule has 0 aliphatic carbocycles. The van der Waals surface area contributed by atoms with Crippen LogP contribution in [-0.2, 0) is 24.3 Å². The smallest absolute Gasteiger partial charge is 0.242 e. The number of hydrogen-bond donors (Lipinski definition) is 2. The maximum absolute atomic E-state index is 12.6. The molecule has 2 heterocycles. The Morgan fingerprint density at radius 1 is 1.27 bits per heavy atom. The Morgan fingerprint density at radius 3 is 2.83 bits per heavy atom. The van der Waals surface area contributed by atoms with E-state index in [1.165, 1.54) is 16.0 Å². The van der Waals surface area contributed by atoms with E-state index in [-0.39, 0.29) is 12.5 Å². The number of thiophene rings is 1. The van der Waals surface area contributed by atoms with E-state index in [4.69, 9.17) is 0 Å². The number of guanidine groups is 1. The maximum atomic E-state index is 12.6. The van der Waals surface area contributed by atoms with Crippen molar-refractivity contribution in [3.63, 3.8) is 0 Å². The third-order valence-corrected chi connectivity index (χ3v) is 6.70. The summed E-state index contributed by atoms with van der Waals surface area (Å²) in [7, 11) is 3.89. The molecule has 1 aromatic carbocycles. The Bertz CT molecular complexity index is 835. The molecule has 1 unspecified atom stereocenters. The Kier molecular flexibility index (Phi) is 8.28. The summed E-state index contributed by atoms with van der Waals surface area (Å²) in [6, 6.07) is 13.1. The number of nitrogens with zero attached hydrogens (tertiary/aromatic N) is 3. The van der Waals surface area contributed by atoms with Gasteiger partial charge in [-0.1, -0.05) is 30.3 Å². The number of carbonyl (C=O) groups is 1. The van der Waals surface area contributed by atoms with E-state index in [0.717, 1.165) is 39.0 Å². The number of benzene rings is 1. The van der Waals surface area contributed by atoms with E-state index >= 15 is 0 Å². The molecule has 0 saturated carbocycles. The average molecular weight is 428 g/mol. The average Bonchev–Trinajstić information content (AvgIpc) is 3.24. The van der Waals surface area contributed by atoms with Crippen LogP contribution in [0.4, 0.5) is 0 Å². The lowest BCUT2D eigenvalue weighted by atomic mass is 10.1. The lowest BCUT2D eigenvalue weighted by Gasteiger charge is -2.27. The SMILES string of the molecule is CN=C(NCCC(C)N(C)Cc1ccccc1)NCC(=O)N1CCc2sccc2C1. The van der Waals surface area contributed by atoms with Gasteiger partial charge < -0.3 is 15.5 Å². The highest BCUT2D eigenvalue weighted by Gasteiger charge is 2.21. The van der Waals surface area contributed by atoms with Crippen molar-refractivity contribution in [2.75, 3.05) is 33.7 Å². The molecule has 1 atom stereocenters. The van der Waals surface area contributed by atoms with Gasteiger partial charge in [0.2, 0.25) is 5.91 Å². The van der Waals surface area contributed by atoms with Crippen LogP contribution in [0.3, 0.4) is 0 Å². The van der Waals surface area contributed by atoms with Gasteiger partial charge >= 0.3 is 0 Å². The van der Waals surface area contributed by atoms with Crippen molar-refractivity contribution >= 4 is 23.2 Å². The standard InChI is InChI=1S/C23H33N5OS/c1-18(27(3)16-19-7-5-4-6-8-19)9-12-25-23(24-2)26-15-22(29)28-13-10-21-20(17-28)11-14-30-21/h4-8,11,14,18H,9-10,12-13,15-17H2,1-3H3,(H2,24,25,26).